The topological polar surface area (TPSA) is 66.4 Å². The Balaban J connectivity index is 2.39. The third-order valence-electron chi connectivity index (χ3n) is 4.85. The van der Waals surface area contributed by atoms with Gasteiger partial charge in [-0.05, 0) is 41.8 Å². The molecule has 168 valence electrons. The van der Waals surface area contributed by atoms with E-state index in [2.05, 4.69) is 5.32 Å². The van der Waals surface area contributed by atoms with Gasteiger partial charge >= 0.3 is 12.1 Å². The molecule has 0 saturated heterocycles. The Morgan fingerprint density at radius 1 is 1.06 bits per heavy atom. The third-order valence-corrected chi connectivity index (χ3v) is 5.49. The lowest BCUT2D eigenvalue weighted by Gasteiger charge is -2.26. The monoisotopic (exact) mass is 479 g/mol. The molecule has 4 nitrogen and oxygen atoms in total. The number of benzene rings is 2. The molecular weight excluding hydrogens is 461 g/mol. The molecule has 0 radical (unpaired) electrons. The highest BCUT2D eigenvalue weighted by Gasteiger charge is 2.45. The maximum atomic E-state index is 13.9. The molecule has 31 heavy (non-hydrogen) atoms. The summed E-state index contributed by atoms with van der Waals surface area (Å²) in [7, 11) is 0. The minimum absolute atomic E-state index is 0.0237. The van der Waals surface area contributed by atoms with Gasteiger partial charge < -0.3 is 10.4 Å². The summed E-state index contributed by atoms with van der Waals surface area (Å²) in [6.07, 6.45) is -4.61. The lowest BCUT2D eigenvalue weighted by molar-refractivity contribution is -0.178. The average molecular weight is 480 g/mol. The zero-order valence-electron chi connectivity index (χ0n) is 16.4. The van der Waals surface area contributed by atoms with Crippen molar-refractivity contribution in [3.05, 3.63) is 63.4 Å². The molecule has 10 heteroatoms. The van der Waals surface area contributed by atoms with Crippen LogP contribution in [0.1, 0.15) is 30.9 Å². The molecule has 2 N–H and O–H groups in total. The zero-order valence-corrected chi connectivity index (χ0v) is 17.9. The van der Waals surface area contributed by atoms with Gasteiger partial charge in [-0.2, -0.15) is 13.2 Å². The Kier molecular flexibility index (Phi) is 7.94. The molecule has 1 amide bonds. The molecule has 3 unspecified atom stereocenters. The summed E-state index contributed by atoms with van der Waals surface area (Å²) in [6, 6.07) is 7.40. The number of carboxylic acids is 1. The number of alkyl halides is 3. The smallest absolute Gasteiger partial charge is 0.392 e. The van der Waals surface area contributed by atoms with Crippen molar-refractivity contribution in [1.82, 2.24) is 0 Å². The van der Waals surface area contributed by atoms with E-state index in [1.54, 1.807) is 6.07 Å². The van der Waals surface area contributed by atoms with Crippen molar-refractivity contribution in [3.63, 3.8) is 0 Å². The fraction of sp³-hybridized carbons (Fsp3) is 0.333. The van der Waals surface area contributed by atoms with Crippen molar-refractivity contribution in [2.75, 3.05) is 5.32 Å². The SMILES string of the molecule is CC(Cc1ccc(Cl)c(NC(=O)C(c2ccc(Cl)c(F)c2)C(C)C(F)(F)F)c1)C(=O)O. The average Bonchev–Trinajstić information content (AvgIpc) is 2.66. The second-order valence-electron chi connectivity index (χ2n) is 7.23. The summed E-state index contributed by atoms with van der Waals surface area (Å²) in [6.45, 7) is 2.31. The van der Waals surface area contributed by atoms with E-state index in [0.29, 0.717) is 5.56 Å². The maximum absolute atomic E-state index is 13.9. The van der Waals surface area contributed by atoms with Crippen molar-refractivity contribution >= 4 is 40.8 Å². The van der Waals surface area contributed by atoms with E-state index in [0.717, 1.165) is 25.1 Å². The van der Waals surface area contributed by atoms with Gasteiger partial charge in [0.25, 0.3) is 0 Å². The van der Waals surface area contributed by atoms with Crippen LogP contribution in [0.4, 0.5) is 23.2 Å². The van der Waals surface area contributed by atoms with Crippen molar-refractivity contribution in [2.24, 2.45) is 11.8 Å². The van der Waals surface area contributed by atoms with Gasteiger partial charge in [0.1, 0.15) is 5.82 Å². The Morgan fingerprint density at radius 2 is 1.68 bits per heavy atom. The highest BCUT2D eigenvalue weighted by Crippen LogP contribution is 2.39. The second kappa shape index (κ2) is 9.87. The van der Waals surface area contributed by atoms with Crippen molar-refractivity contribution in [2.45, 2.75) is 32.4 Å². The summed E-state index contributed by atoms with van der Waals surface area (Å²) in [5.74, 6) is -7.65. The number of hydrogen-bond donors (Lipinski definition) is 2. The molecule has 0 aliphatic carbocycles. The molecular formula is C21H19Cl2F4NO3. The van der Waals surface area contributed by atoms with Gasteiger partial charge in [0.15, 0.2) is 0 Å². The van der Waals surface area contributed by atoms with Crippen LogP contribution in [0, 0.1) is 17.7 Å². The molecule has 0 aromatic heterocycles. The third kappa shape index (κ3) is 6.33. The van der Waals surface area contributed by atoms with Crippen LogP contribution >= 0.6 is 23.2 Å². The summed E-state index contributed by atoms with van der Waals surface area (Å²) in [5, 5.41) is 11.2. The number of nitrogens with one attached hydrogen (secondary N) is 1. The normalized spacial score (nSPS) is 14.6. The van der Waals surface area contributed by atoms with Crippen LogP contribution in [0.25, 0.3) is 0 Å². The quantitative estimate of drug-likeness (QED) is 0.456. The lowest BCUT2D eigenvalue weighted by atomic mass is 9.85. The van der Waals surface area contributed by atoms with E-state index in [9.17, 15) is 27.2 Å². The molecule has 0 bridgehead atoms. The highest BCUT2D eigenvalue weighted by atomic mass is 35.5. The van der Waals surface area contributed by atoms with Crippen LogP contribution in [-0.4, -0.2) is 23.2 Å². The van der Waals surface area contributed by atoms with E-state index in [4.69, 9.17) is 28.3 Å². The number of anilines is 1. The van der Waals surface area contributed by atoms with Crippen molar-refractivity contribution in [3.8, 4) is 0 Å². The summed E-state index contributed by atoms with van der Waals surface area (Å²) >= 11 is 11.7. The molecule has 0 spiro atoms. The van der Waals surface area contributed by atoms with Crippen LogP contribution < -0.4 is 5.32 Å². The molecule has 2 rings (SSSR count). The number of aliphatic carboxylic acids is 1. The molecule has 2 aromatic rings. The van der Waals surface area contributed by atoms with Gasteiger partial charge in [-0.15, -0.1) is 0 Å². The zero-order chi connectivity index (χ0) is 23.5. The predicted octanol–water partition coefficient (Wildman–Crippen LogP) is 6.32. The molecule has 0 saturated carbocycles. The standard InChI is InChI=1S/C21H19Cl2F4NO3/c1-10(20(30)31)7-12-3-5-15(23)17(8-12)28-19(29)18(11(2)21(25,26)27)13-4-6-14(22)16(24)9-13/h3-6,8-11,18H,7H2,1-2H3,(H,28,29)(H,30,31). The number of carbonyl (C=O) groups excluding carboxylic acids is 1. The fourth-order valence-corrected chi connectivity index (χ4v) is 3.29. The largest absolute Gasteiger partial charge is 0.481 e. The summed E-state index contributed by atoms with van der Waals surface area (Å²) < 4.78 is 54.2. The van der Waals surface area contributed by atoms with Gasteiger partial charge in [-0.3, -0.25) is 9.59 Å². The van der Waals surface area contributed by atoms with E-state index in [1.165, 1.54) is 19.1 Å². The first kappa shape index (κ1) is 24.9. The number of carbonyl (C=O) groups is 2. The minimum Gasteiger partial charge on any atom is -0.481 e. The van der Waals surface area contributed by atoms with Crippen LogP contribution in [-0.2, 0) is 16.0 Å². The van der Waals surface area contributed by atoms with Crippen molar-refractivity contribution < 1.29 is 32.3 Å². The number of amides is 1. The van der Waals surface area contributed by atoms with Gasteiger partial charge in [-0.1, -0.05) is 49.2 Å². The second-order valence-corrected chi connectivity index (χ2v) is 8.04. The Labute approximate surface area is 186 Å². The maximum Gasteiger partial charge on any atom is 0.392 e. The number of hydrogen-bond acceptors (Lipinski definition) is 2. The van der Waals surface area contributed by atoms with E-state index in [1.807, 2.05) is 0 Å². The number of halogens is 6. The first-order valence-electron chi connectivity index (χ1n) is 9.15. The Hall–Kier alpha value is -2.32. The highest BCUT2D eigenvalue weighted by molar-refractivity contribution is 6.33. The van der Waals surface area contributed by atoms with E-state index in [-0.39, 0.29) is 27.7 Å². The molecule has 2 aromatic carbocycles. The first-order chi connectivity index (χ1) is 14.3. The number of carboxylic acid groups (broad SMARTS) is 1. The van der Waals surface area contributed by atoms with Gasteiger partial charge in [0.05, 0.1) is 33.5 Å². The molecule has 0 heterocycles. The lowest BCUT2D eigenvalue weighted by Crippen LogP contribution is -2.34. The Morgan fingerprint density at radius 3 is 2.23 bits per heavy atom. The molecule has 0 aliphatic rings. The van der Waals surface area contributed by atoms with Crippen LogP contribution in [0.2, 0.25) is 10.0 Å². The molecule has 3 atom stereocenters. The van der Waals surface area contributed by atoms with E-state index >= 15 is 0 Å². The van der Waals surface area contributed by atoms with Crippen molar-refractivity contribution in [1.29, 1.82) is 0 Å². The molecule has 0 fully saturated rings. The van der Waals surface area contributed by atoms with Gasteiger partial charge in [-0.25, -0.2) is 4.39 Å². The summed E-state index contributed by atoms with van der Waals surface area (Å²) in [5.41, 5.74) is 0.346. The van der Waals surface area contributed by atoms with Gasteiger partial charge in [0, 0.05) is 0 Å². The fourth-order valence-electron chi connectivity index (χ4n) is 3.01. The first-order valence-corrected chi connectivity index (χ1v) is 9.90. The molecule has 0 aliphatic heterocycles. The van der Waals surface area contributed by atoms with Crippen LogP contribution in [0.15, 0.2) is 36.4 Å². The van der Waals surface area contributed by atoms with Gasteiger partial charge in [0.2, 0.25) is 5.91 Å². The minimum atomic E-state index is -4.74. The van der Waals surface area contributed by atoms with E-state index < -0.39 is 41.6 Å². The number of rotatable bonds is 7. The predicted molar refractivity (Wildman–Crippen MR) is 110 cm³/mol. The van der Waals surface area contributed by atoms with Crippen LogP contribution in [0.3, 0.4) is 0 Å². The van der Waals surface area contributed by atoms with Crippen LogP contribution in [0.5, 0.6) is 0 Å². The Bertz CT molecular complexity index is 982. The summed E-state index contributed by atoms with van der Waals surface area (Å²) in [4.78, 5) is 23.9.